The lowest BCUT2D eigenvalue weighted by Gasteiger charge is -2.28. The quantitative estimate of drug-likeness (QED) is 0.609. The van der Waals surface area contributed by atoms with Gasteiger partial charge in [0.05, 0.1) is 6.61 Å². The maximum Gasteiger partial charge on any atom is 0.277 e. The lowest BCUT2D eigenvalue weighted by Crippen LogP contribution is -2.39. The third-order valence-corrected chi connectivity index (χ3v) is 6.19. The molecular weight excluding hydrogens is 434 g/mol. The van der Waals surface area contributed by atoms with Crippen molar-refractivity contribution in [2.24, 2.45) is 5.73 Å². The Morgan fingerprint density at radius 3 is 2.35 bits per heavy atom. The zero-order chi connectivity index (χ0) is 23.8. The van der Waals surface area contributed by atoms with Crippen LogP contribution < -0.4 is 20.3 Å². The van der Waals surface area contributed by atoms with Crippen LogP contribution in [0, 0.1) is 0 Å². The van der Waals surface area contributed by atoms with Gasteiger partial charge in [-0.1, -0.05) is 12.1 Å². The van der Waals surface area contributed by atoms with Gasteiger partial charge in [0.25, 0.3) is 11.8 Å². The van der Waals surface area contributed by atoms with Crippen molar-refractivity contribution in [2.45, 2.75) is 26.2 Å². The number of carbonyl (C=O) groups is 3. The van der Waals surface area contributed by atoms with Crippen LogP contribution in [0.25, 0.3) is 5.69 Å². The second kappa shape index (κ2) is 8.66. The summed E-state index contributed by atoms with van der Waals surface area (Å²) in [7, 11) is 0. The van der Waals surface area contributed by atoms with Crippen LogP contribution in [0.1, 0.15) is 46.3 Å². The van der Waals surface area contributed by atoms with E-state index in [1.54, 1.807) is 21.9 Å². The van der Waals surface area contributed by atoms with Crippen molar-refractivity contribution >= 4 is 29.1 Å². The predicted molar refractivity (Wildman–Crippen MR) is 127 cm³/mol. The monoisotopic (exact) mass is 459 g/mol. The van der Waals surface area contributed by atoms with Crippen LogP contribution in [-0.2, 0) is 11.2 Å². The summed E-state index contributed by atoms with van der Waals surface area (Å²) < 4.78 is 7.20. The number of amides is 3. The Balaban J connectivity index is 1.54. The number of aromatic nitrogens is 2. The number of ether oxygens (including phenoxy) is 1. The summed E-state index contributed by atoms with van der Waals surface area (Å²) >= 11 is 0. The van der Waals surface area contributed by atoms with Crippen molar-refractivity contribution in [3.8, 4) is 11.4 Å². The summed E-state index contributed by atoms with van der Waals surface area (Å²) in [6.07, 6.45) is 1.84. The van der Waals surface area contributed by atoms with E-state index in [-0.39, 0.29) is 17.5 Å². The van der Waals surface area contributed by atoms with Gasteiger partial charge in [-0.2, -0.15) is 5.10 Å². The number of carbonyl (C=O) groups excluding carboxylic acids is 3. The molecule has 2 aliphatic rings. The van der Waals surface area contributed by atoms with E-state index in [2.05, 4.69) is 5.10 Å². The number of primary amides is 1. The Labute approximate surface area is 196 Å². The van der Waals surface area contributed by atoms with E-state index >= 15 is 0 Å². The van der Waals surface area contributed by atoms with Crippen LogP contribution in [0.15, 0.2) is 48.5 Å². The summed E-state index contributed by atoms with van der Waals surface area (Å²) in [5.41, 5.74) is 8.62. The van der Waals surface area contributed by atoms with Gasteiger partial charge in [0.15, 0.2) is 5.69 Å². The highest BCUT2D eigenvalue weighted by Crippen LogP contribution is 2.32. The summed E-state index contributed by atoms with van der Waals surface area (Å²) in [5.74, 6) is -0.291. The maximum absolute atomic E-state index is 13.7. The van der Waals surface area contributed by atoms with E-state index in [4.69, 9.17) is 10.5 Å². The molecule has 0 spiro atoms. The molecule has 3 amide bonds. The molecule has 0 saturated carbocycles. The van der Waals surface area contributed by atoms with E-state index in [0.29, 0.717) is 60.9 Å². The minimum atomic E-state index is -0.676. The molecule has 1 fully saturated rings. The number of anilines is 2. The molecule has 0 aliphatic carbocycles. The molecule has 9 heteroatoms. The molecule has 5 rings (SSSR count). The fourth-order valence-electron chi connectivity index (χ4n) is 4.62. The number of nitrogens with zero attached hydrogens (tertiary/aromatic N) is 4. The number of hydrogen-bond donors (Lipinski definition) is 1. The highest BCUT2D eigenvalue weighted by Gasteiger charge is 2.35. The number of benzene rings is 2. The molecule has 34 heavy (non-hydrogen) atoms. The maximum atomic E-state index is 13.7. The van der Waals surface area contributed by atoms with Crippen molar-refractivity contribution in [2.75, 3.05) is 29.5 Å². The van der Waals surface area contributed by atoms with Crippen LogP contribution in [0.4, 0.5) is 11.4 Å². The van der Waals surface area contributed by atoms with Gasteiger partial charge in [-0.3, -0.25) is 14.4 Å². The first-order chi connectivity index (χ1) is 16.5. The van der Waals surface area contributed by atoms with Gasteiger partial charge in [-0.05, 0) is 56.2 Å². The van der Waals surface area contributed by atoms with Crippen LogP contribution in [0.3, 0.4) is 0 Å². The van der Waals surface area contributed by atoms with Crippen molar-refractivity contribution in [3.05, 3.63) is 65.5 Å². The van der Waals surface area contributed by atoms with E-state index in [9.17, 15) is 14.4 Å². The fraction of sp³-hybridized carbons (Fsp3) is 0.280. The van der Waals surface area contributed by atoms with Gasteiger partial charge < -0.3 is 20.3 Å². The third kappa shape index (κ3) is 3.59. The minimum Gasteiger partial charge on any atom is -0.492 e. The molecule has 2 aliphatic heterocycles. The van der Waals surface area contributed by atoms with Crippen molar-refractivity contribution in [1.29, 1.82) is 0 Å². The van der Waals surface area contributed by atoms with Crippen molar-refractivity contribution in [3.63, 3.8) is 0 Å². The number of nitrogens with two attached hydrogens (primary N) is 1. The SMILES string of the molecule is CCOc1ccccc1-n1nc(C(N)=O)c2c1C(=O)N(c1ccc(N3CCCC3=O)cc1)CC2. The molecular formula is C25H25N5O4. The third-order valence-electron chi connectivity index (χ3n) is 6.19. The lowest BCUT2D eigenvalue weighted by atomic mass is 10.0. The molecule has 2 N–H and O–H groups in total. The Hall–Kier alpha value is -4.14. The number of fused-ring (bicyclic) bond motifs is 1. The number of rotatable bonds is 6. The summed E-state index contributed by atoms with van der Waals surface area (Å²) in [4.78, 5) is 41.3. The molecule has 1 saturated heterocycles. The Kier molecular flexibility index (Phi) is 5.53. The highest BCUT2D eigenvalue weighted by molar-refractivity contribution is 6.09. The Morgan fingerprint density at radius 2 is 1.71 bits per heavy atom. The average molecular weight is 460 g/mol. The first-order valence-corrected chi connectivity index (χ1v) is 11.4. The summed E-state index contributed by atoms with van der Waals surface area (Å²) in [5, 5.41) is 4.43. The van der Waals surface area contributed by atoms with E-state index in [1.165, 1.54) is 4.68 Å². The molecule has 1 aromatic heterocycles. The summed E-state index contributed by atoms with van der Waals surface area (Å²) in [6.45, 7) is 3.40. The van der Waals surface area contributed by atoms with E-state index in [1.807, 2.05) is 43.3 Å². The Bertz CT molecular complexity index is 1280. The smallest absolute Gasteiger partial charge is 0.277 e. The van der Waals surface area contributed by atoms with E-state index in [0.717, 1.165) is 12.1 Å². The first-order valence-electron chi connectivity index (χ1n) is 11.4. The zero-order valence-electron chi connectivity index (χ0n) is 18.9. The predicted octanol–water partition coefficient (Wildman–Crippen LogP) is 2.70. The standard InChI is InChI=1S/C25H25N5O4/c1-2-34-20-7-4-3-6-19(20)30-23-18(22(27-30)24(26)32)13-15-29(25(23)33)17-11-9-16(10-12-17)28-14-5-8-21(28)31/h3-4,6-7,9-12H,2,5,8,13-15H2,1H3,(H2,26,32). The van der Waals surface area contributed by atoms with Gasteiger partial charge in [0, 0.05) is 36.4 Å². The molecule has 0 bridgehead atoms. The largest absolute Gasteiger partial charge is 0.492 e. The highest BCUT2D eigenvalue weighted by atomic mass is 16.5. The normalized spacial score (nSPS) is 15.6. The average Bonchev–Trinajstić information content (AvgIpc) is 3.44. The molecule has 174 valence electrons. The van der Waals surface area contributed by atoms with Crippen molar-refractivity contribution < 1.29 is 19.1 Å². The summed E-state index contributed by atoms with van der Waals surface area (Å²) in [6, 6.07) is 14.6. The first kappa shape index (κ1) is 21.7. The van der Waals surface area contributed by atoms with Crippen LogP contribution in [0.2, 0.25) is 0 Å². The molecule has 2 aromatic carbocycles. The van der Waals surface area contributed by atoms with Gasteiger partial charge in [0.1, 0.15) is 17.1 Å². The molecule has 9 nitrogen and oxygen atoms in total. The van der Waals surface area contributed by atoms with Crippen LogP contribution >= 0.6 is 0 Å². The lowest BCUT2D eigenvalue weighted by molar-refractivity contribution is -0.117. The van der Waals surface area contributed by atoms with Crippen molar-refractivity contribution in [1.82, 2.24) is 9.78 Å². The molecule has 3 heterocycles. The van der Waals surface area contributed by atoms with Crippen LogP contribution in [-0.4, -0.2) is 47.2 Å². The molecule has 0 radical (unpaired) electrons. The zero-order valence-corrected chi connectivity index (χ0v) is 18.9. The van der Waals surface area contributed by atoms with Gasteiger partial charge in [0.2, 0.25) is 5.91 Å². The second-order valence-electron chi connectivity index (χ2n) is 8.22. The number of hydrogen-bond acceptors (Lipinski definition) is 5. The second-order valence-corrected chi connectivity index (χ2v) is 8.22. The number of para-hydroxylation sites is 2. The molecule has 0 unspecified atom stereocenters. The van der Waals surface area contributed by atoms with Gasteiger partial charge in [-0.15, -0.1) is 0 Å². The fourth-order valence-corrected chi connectivity index (χ4v) is 4.62. The topological polar surface area (TPSA) is 111 Å². The minimum absolute atomic E-state index is 0.0946. The van der Waals surface area contributed by atoms with Gasteiger partial charge >= 0.3 is 0 Å². The molecule has 0 atom stereocenters. The van der Waals surface area contributed by atoms with Gasteiger partial charge in [-0.25, -0.2) is 4.68 Å². The Morgan fingerprint density at radius 1 is 1.00 bits per heavy atom. The molecule has 3 aromatic rings. The van der Waals surface area contributed by atoms with Crippen LogP contribution in [0.5, 0.6) is 5.75 Å². The van der Waals surface area contributed by atoms with E-state index < -0.39 is 5.91 Å².